The summed E-state index contributed by atoms with van der Waals surface area (Å²) in [5.74, 6) is 0.240. The Morgan fingerprint density at radius 2 is 2.10 bits per heavy atom. The minimum absolute atomic E-state index is 0.00220. The molecule has 0 spiro atoms. The number of aromatic nitrogens is 1. The molecule has 5 nitrogen and oxygen atoms in total. The average Bonchev–Trinajstić information content (AvgIpc) is 2.39. The Morgan fingerprint density at radius 1 is 1.38 bits per heavy atom. The Hall–Kier alpha value is -1.48. The Kier molecular flexibility index (Phi) is 4.33. The summed E-state index contributed by atoms with van der Waals surface area (Å²) >= 11 is 5.96. The van der Waals surface area contributed by atoms with Crippen molar-refractivity contribution in [1.29, 1.82) is 0 Å². The van der Waals surface area contributed by atoms with Crippen LogP contribution in [0.25, 0.3) is 0 Å². The summed E-state index contributed by atoms with van der Waals surface area (Å²) in [4.78, 5) is 5.77. The van der Waals surface area contributed by atoms with Gasteiger partial charge in [-0.1, -0.05) is 11.6 Å². The minimum Gasteiger partial charge on any atom is -0.381 e. The first kappa shape index (κ1) is 15.9. The number of anilines is 1. The van der Waals surface area contributed by atoms with Crippen LogP contribution in [0.2, 0.25) is 5.02 Å². The molecule has 1 aliphatic heterocycles. The SMILES string of the molecule is O=S(=O)(OC1=CCN(c2ncccc2Cl)CC1)C(F)(F)F. The van der Waals surface area contributed by atoms with Gasteiger partial charge in [0.25, 0.3) is 0 Å². The predicted molar refractivity (Wildman–Crippen MR) is 70.2 cm³/mol. The molecular weight excluding hydrogens is 333 g/mol. The van der Waals surface area contributed by atoms with Gasteiger partial charge in [0.05, 0.1) is 5.02 Å². The van der Waals surface area contributed by atoms with Crippen LogP contribution in [0.15, 0.2) is 30.2 Å². The summed E-state index contributed by atoms with van der Waals surface area (Å²) < 4.78 is 62.5. The van der Waals surface area contributed by atoms with Gasteiger partial charge >= 0.3 is 15.6 Å². The van der Waals surface area contributed by atoms with E-state index in [9.17, 15) is 21.6 Å². The molecule has 0 N–H and O–H groups in total. The Bertz CT molecular complexity index is 661. The lowest BCUT2D eigenvalue weighted by molar-refractivity contribution is -0.0523. The maximum atomic E-state index is 12.2. The topological polar surface area (TPSA) is 59.5 Å². The van der Waals surface area contributed by atoms with Crippen LogP contribution in [0.3, 0.4) is 0 Å². The molecule has 0 unspecified atom stereocenters. The normalized spacial score (nSPS) is 16.6. The van der Waals surface area contributed by atoms with Gasteiger partial charge in [-0.3, -0.25) is 0 Å². The molecule has 0 aromatic carbocycles. The number of pyridine rings is 1. The molecule has 0 atom stereocenters. The smallest absolute Gasteiger partial charge is 0.381 e. The zero-order valence-corrected chi connectivity index (χ0v) is 12.0. The van der Waals surface area contributed by atoms with E-state index in [1.54, 1.807) is 17.0 Å². The maximum absolute atomic E-state index is 12.2. The highest BCUT2D eigenvalue weighted by molar-refractivity contribution is 7.87. The van der Waals surface area contributed by atoms with Crippen LogP contribution in [0, 0.1) is 0 Å². The van der Waals surface area contributed by atoms with Crippen molar-refractivity contribution in [3.8, 4) is 0 Å². The number of hydrogen-bond acceptors (Lipinski definition) is 5. The molecule has 2 rings (SSSR count). The van der Waals surface area contributed by atoms with E-state index in [2.05, 4.69) is 9.17 Å². The monoisotopic (exact) mass is 342 g/mol. The zero-order chi connectivity index (χ0) is 15.7. The lowest BCUT2D eigenvalue weighted by Gasteiger charge is -2.27. The van der Waals surface area contributed by atoms with Crippen molar-refractivity contribution in [2.24, 2.45) is 0 Å². The second-order valence-corrected chi connectivity index (χ2v) is 6.10. The van der Waals surface area contributed by atoms with Crippen LogP contribution < -0.4 is 4.90 Å². The van der Waals surface area contributed by atoms with E-state index < -0.39 is 15.6 Å². The molecule has 0 radical (unpaired) electrons. The van der Waals surface area contributed by atoms with Gasteiger partial charge in [-0.05, 0) is 18.2 Å². The minimum atomic E-state index is -5.62. The third-order valence-corrected chi connectivity index (χ3v) is 4.00. The van der Waals surface area contributed by atoms with Crippen LogP contribution in [-0.4, -0.2) is 32.0 Å². The first-order chi connectivity index (χ1) is 9.71. The van der Waals surface area contributed by atoms with E-state index in [0.29, 0.717) is 10.8 Å². The van der Waals surface area contributed by atoms with Crippen LogP contribution >= 0.6 is 11.6 Å². The first-order valence-corrected chi connectivity index (χ1v) is 7.54. The molecular formula is C11H10ClF3N2O3S. The second-order valence-electron chi connectivity index (χ2n) is 4.16. The Balaban J connectivity index is 2.08. The lowest BCUT2D eigenvalue weighted by Crippen LogP contribution is -2.32. The predicted octanol–water partition coefficient (Wildman–Crippen LogP) is 2.70. The van der Waals surface area contributed by atoms with Gasteiger partial charge in [0.2, 0.25) is 0 Å². The van der Waals surface area contributed by atoms with Gasteiger partial charge in [0, 0.05) is 25.7 Å². The molecule has 0 saturated heterocycles. The molecule has 21 heavy (non-hydrogen) atoms. The number of halogens is 4. The summed E-state index contributed by atoms with van der Waals surface area (Å²) in [7, 11) is -5.62. The van der Waals surface area contributed by atoms with Gasteiger partial charge in [-0.25, -0.2) is 4.98 Å². The van der Waals surface area contributed by atoms with Crippen LogP contribution in [0.4, 0.5) is 19.0 Å². The summed E-state index contributed by atoms with van der Waals surface area (Å²) in [6.45, 7) is 0.398. The van der Waals surface area contributed by atoms with E-state index in [1.807, 2.05) is 0 Å². The van der Waals surface area contributed by atoms with Crippen molar-refractivity contribution in [1.82, 2.24) is 4.98 Å². The van der Waals surface area contributed by atoms with Crippen LogP contribution in [-0.2, 0) is 14.3 Å². The first-order valence-electron chi connectivity index (χ1n) is 5.76. The van der Waals surface area contributed by atoms with E-state index >= 15 is 0 Å². The number of rotatable bonds is 3. The van der Waals surface area contributed by atoms with Gasteiger partial charge in [-0.15, -0.1) is 0 Å². The van der Waals surface area contributed by atoms with E-state index in [4.69, 9.17) is 11.6 Å². The number of nitrogens with zero attached hydrogens (tertiary/aromatic N) is 2. The molecule has 116 valence electrons. The maximum Gasteiger partial charge on any atom is 0.534 e. The highest BCUT2D eigenvalue weighted by Gasteiger charge is 2.48. The fourth-order valence-corrected chi connectivity index (χ4v) is 2.49. The lowest BCUT2D eigenvalue weighted by atomic mass is 10.2. The van der Waals surface area contributed by atoms with Crippen molar-refractivity contribution in [3.63, 3.8) is 0 Å². The van der Waals surface area contributed by atoms with E-state index in [-0.39, 0.29) is 25.3 Å². The van der Waals surface area contributed by atoms with Gasteiger partial charge in [0.1, 0.15) is 11.6 Å². The molecule has 0 saturated carbocycles. The molecule has 0 fully saturated rings. The molecule has 0 amide bonds. The van der Waals surface area contributed by atoms with E-state index in [0.717, 1.165) is 0 Å². The van der Waals surface area contributed by atoms with E-state index in [1.165, 1.54) is 12.3 Å². The van der Waals surface area contributed by atoms with Crippen molar-refractivity contribution < 1.29 is 25.8 Å². The zero-order valence-electron chi connectivity index (χ0n) is 10.5. The molecule has 0 bridgehead atoms. The quantitative estimate of drug-likeness (QED) is 0.624. The number of alkyl halides is 3. The standard InChI is InChI=1S/C11H10ClF3N2O3S/c12-9-2-1-5-16-10(9)17-6-3-8(4-7-17)20-21(18,19)11(13,14)15/h1-3,5H,4,6-7H2. The Labute approximate surface area is 124 Å². The van der Waals surface area contributed by atoms with Crippen molar-refractivity contribution in [3.05, 3.63) is 35.2 Å². The molecule has 10 heteroatoms. The fourth-order valence-electron chi connectivity index (χ4n) is 1.72. The summed E-state index contributed by atoms with van der Waals surface area (Å²) in [6, 6.07) is 3.28. The van der Waals surface area contributed by atoms with Crippen LogP contribution in [0.5, 0.6) is 0 Å². The fraction of sp³-hybridized carbons (Fsp3) is 0.364. The largest absolute Gasteiger partial charge is 0.534 e. The van der Waals surface area contributed by atoms with Gasteiger partial charge in [0.15, 0.2) is 0 Å². The second kappa shape index (κ2) is 5.72. The highest BCUT2D eigenvalue weighted by Crippen LogP contribution is 2.30. The Morgan fingerprint density at radius 3 is 2.62 bits per heavy atom. The molecule has 1 aromatic rings. The summed E-state index contributed by atoms with van der Waals surface area (Å²) in [5, 5.41) is 0.401. The van der Waals surface area contributed by atoms with Gasteiger partial charge < -0.3 is 9.08 Å². The summed E-state index contributed by atoms with van der Waals surface area (Å²) in [5.41, 5.74) is -5.44. The van der Waals surface area contributed by atoms with Crippen molar-refractivity contribution in [2.45, 2.75) is 11.9 Å². The van der Waals surface area contributed by atoms with Crippen molar-refractivity contribution >= 4 is 27.5 Å². The number of hydrogen-bond donors (Lipinski definition) is 0. The summed E-state index contributed by atoms with van der Waals surface area (Å²) in [6.07, 6.45) is 2.80. The van der Waals surface area contributed by atoms with Gasteiger partial charge in [-0.2, -0.15) is 21.6 Å². The van der Waals surface area contributed by atoms with Crippen LogP contribution in [0.1, 0.15) is 6.42 Å². The molecule has 2 heterocycles. The average molecular weight is 343 g/mol. The third kappa shape index (κ3) is 3.59. The molecule has 1 aliphatic rings. The molecule has 0 aliphatic carbocycles. The highest BCUT2D eigenvalue weighted by atomic mass is 35.5. The van der Waals surface area contributed by atoms with Crippen molar-refractivity contribution in [2.75, 3.05) is 18.0 Å². The molecule has 1 aromatic heterocycles. The third-order valence-electron chi connectivity index (χ3n) is 2.71.